The molecule has 0 aliphatic rings. The van der Waals surface area contributed by atoms with Gasteiger partial charge in [0.1, 0.15) is 5.75 Å². The minimum absolute atomic E-state index is 0.00424. The first kappa shape index (κ1) is 17.4. The fourth-order valence-electron chi connectivity index (χ4n) is 1.64. The Kier molecular flexibility index (Phi) is 9.19. The Morgan fingerprint density at radius 1 is 1.14 bits per heavy atom. The lowest BCUT2D eigenvalue weighted by molar-refractivity contribution is -0.123. The molecule has 118 valence electrons. The van der Waals surface area contributed by atoms with Crippen molar-refractivity contribution in [2.75, 3.05) is 47.1 Å². The minimum Gasteiger partial charge on any atom is -0.484 e. The van der Waals surface area contributed by atoms with Crippen LogP contribution in [0.2, 0.25) is 0 Å². The maximum atomic E-state index is 11.5. The summed E-state index contributed by atoms with van der Waals surface area (Å²) in [5, 5.41) is 5.96. The van der Waals surface area contributed by atoms with Crippen LogP contribution in [0.5, 0.6) is 5.75 Å². The van der Waals surface area contributed by atoms with Crippen molar-refractivity contribution in [2.24, 2.45) is 0 Å². The van der Waals surface area contributed by atoms with Gasteiger partial charge in [-0.1, -0.05) is 12.1 Å². The summed E-state index contributed by atoms with van der Waals surface area (Å²) in [5.74, 6) is 0.526. The van der Waals surface area contributed by atoms with E-state index in [-0.39, 0.29) is 12.5 Å². The largest absolute Gasteiger partial charge is 0.484 e. The van der Waals surface area contributed by atoms with Gasteiger partial charge in [0.25, 0.3) is 5.91 Å². The number of methoxy groups -OCH3 is 2. The predicted octanol–water partition coefficient (Wildman–Crippen LogP) is 0.564. The minimum atomic E-state index is -0.157. The predicted molar refractivity (Wildman–Crippen MR) is 80.4 cm³/mol. The van der Waals surface area contributed by atoms with E-state index in [9.17, 15) is 4.79 Å². The second-order valence-electron chi connectivity index (χ2n) is 4.45. The highest BCUT2D eigenvalue weighted by molar-refractivity contribution is 5.77. The highest BCUT2D eigenvalue weighted by Crippen LogP contribution is 2.12. The number of carbonyl (C=O) groups excluding carboxylic acids is 1. The molecule has 1 aromatic carbocycles. The van der Waals surface area contributed by atoms with Crippen molar-refractivity contribution in [3.8, 4) is 5.75 Å². The average molecular weight is 296 g/mol. The molecule has 0 spiro atoms. The Morgan fingerprint density at radius 2 is 1.90 bits per heavy atom. The van der Waals surface area contributed by atoms with Crippen LogP contribution in [0.15, 0.2) is 24.3 Å². The SMILES string of the molecule is COCCNCc1cccc(OCC(=O)NCCOC)c1. The maximum Gasteiger partial charge on any atom is 0.258 e. The van der Waals surface area contributed by atoms with E-state index in [1.165, 1.54) is 0 Å². The highest BCUT2D eigenvalue weighted by atomic mass is 16.5. The number of amides is 1. The maximum absolute atomic E-state index is 11.5. The molecule has 0 atom stereocenters. The van der Waals surface area contributed by atoms with Crippen molar-refractivity contribution in [1.82, 2.24) is 10.6 Å². The summed E-state index contributed by atoms with van der Waals surface area (Å²) in [6.45, 7) is 3.20. The van der Waals surface area contributed by atoms with Gasteiger partial charge in [0.15, 0.2) is 6.61 Å². The number of carbonyl (C=O) groups is 1. The van der Waals surface area contributed by atoms with Crippen molar-refractivity contribution in [3.63, 3.8) is 0 Å². The molecule has 0 radical (unpaired) electrons. The van der Waals surface area contributed by atoms with Crippen LogP contribution in [-0.4, -0.2) is 53.0 Å². The fraction of sp³-hybridized carbons (Fsp3) is 0.533. The van der Waals surface area contributed by atoms with Crippen LogP contribution in [0.4, 0.5) is 0 Å². The first-order valence-corrected chi connectivity index (χ1v) is 6.93. The quantitative estimate of drug-likeness (QED) is 0.584. The Bertz CT molecular complexity index is 412. The van der Waals surface area contributed by atoms with Crippen molar-refractivity contribution >= 4 is 5.91 Å². The van der Waals surface area contributed by atoms with Crippen LogP contribution >= 0.6 is 0 Å². The van der Waals surface area contributed by atoms with Crippen molar-refractivity contribution in [1.29, 1.82) is 0 Å². The molecule has 0 bridgehead atoms. The molecule has 6 nitrogen and oxygen atoms in total. The molecule has 0 aromatic heterocycles. The third-order valence-corrected chi connectivity index (χ3v) is 2.71. The number of ether oxygens (including phenoxy) is 3. The molecule has 0 saturated carbocycles. The van der Waals surface area contributed by atoms with Gasteiger partial charge < -0.3 is 24.8 Å². The first-order valence-electron chi connectivity index (χ1n) is 6.93. The van der Waals surface area contributed by atoms with Gasteiger partial charge in [0.2, 0.25) is 0 Å². The van der Waals surface area contributed by atoms with E-state index in [2.05, 4.69) is 10.6 Å². The summed E-state index contributed by atoms with van der Waals surface area (Å²) in [4.78, 5) is 11.5. The molecule has 21 heavy (non-hydrogen) atoms. The smallest absolute Gasteiger partial charge is 0.258 e. The number of hydrogen-bond donors (Lipinski definition) is 2. The second kappa shape index (κ2) is 11.1. The van der Waals surface area contributed by atoms with Gasteiger partial charge in [0.05, 0.1) is 13.2 Å². The molecule has 1 aromatic rings. The molecule has 6 heteroatoms. The van der Waals surface area contributed by atoms with Crippen LogP contribution in [0.25, 0.3) is 0 Å². The van der Waals surface area contributed by atoms with Crippen LogP contribution in [0.3, 0.4) is 0 Å². The van der Waals surface area contributed by atoms with E-state index in [0.717, 1.165) is 18.7 Å². The van der Waals surface area contributed by atoms with Gasteiger partial charge >= 0.3 is 0 Å². The van der Waals surface area contributed by atoms with Gasteiger partial charge in [-0.05, 0) is 17.7 Å². The molecule has 0 saturated heterocycles. The summed E-state index contributed by atoms with van der Waals surface area (Å²) in [6.07, 6.45) is 0. The lowest BCUT2D eigenvalue weighted by Crippen LogP contribution is -2.31. The number of benzene rings is 1. The molecular weight excluding hydrogens is 272 g/mol. The molecular formula is C15H24N2O4. The molecule has 0 fully saturated rings. The summed E-state index contributed by atoms with van der Waals surface area (Å²) >= 11 is 0. The second-order valence-corrected chi connectivity index (χ2v) is 4.45. The van der Waals surface area contributed by atoms with Gasteiger partial charge in [-0.3, -0.25) is 4.79 Å². The zero-order valence-electron chi connectivity index (χ0n) is 12.7. The Morgan fingerprint density at radius 3 is 2.67 bits per heavy atom. The monoisotopic (exact) mass is 296 g/mol. The summed E-state index contributed by atoms with van der Waals surface area (Å²) in [6, 6.07) is 7.67. The van der Waals surface area contributed by atoms with E-state index in [1.807, 2.05) is 24.3 Å². The Hall–Kier alpha value is -1.63. The fourth-order valence-corrected chi connectivity index (χ4v) is 1.64. The van der Waals surface area contributed by atoms with E-state index in [0.29, 0.717) is 25.5 Å². The molecule has 0 aliphatic carbocycles. The molecule has 1 amide bonds. The van der Waals surface area contributed by atoms with E-state index >= 15 is 0 Å². The number of nitrogens with one attached hydrogen (secondary N) is 2. The van der Waals surface area contributed by atoms with Gasteiger partial charge in [0, 0.05) is 33.9 Å². The van der Waals surface area contributed by atoms with Crippen LogP contribution in [0, 0.1) is 0 Å². The molecule has 1 rings (SSSR count). The third kappa shape index (κ3) is 8.29. The van der Waals surface area contributed by atoms with E-state index < -0.39 is 0 Å². The first-order chi connectivity index (χ1) is 10.3. The van der Waals surface area contributed by atoms with Crippen LogP contribution in [0.1, 0.15) is 5.56 Å². The Labute approximate surface area is 125 Å². The topological polar surface area (TPSA) is 68.8 Å². The summed E-state index contributed by atoms with van der Waals surface area (Å²) in [7, 11) is 3.27. The lowest BCUT2D eigenvalue weighted by Gasteiger charge is -2.09. The summed E-state index contributed by atoms with van der Waals surface area (Å²) in [5.41, 5.74) is 1.10. The highest BCUT2D eigenvalue weighted by Gasteiger charge is 2.02. The van der Waals surface area contributed by atoms with Gasteiger partial charge in [-0.15, -0.1) is 0 Å². The van der Waals surface area contributed by atoms with Crippen molar-refractivity contribution in [2.45, 2.75) is 6.54 Å². The normalized spacial score (nSPS) is 10.4. The van der Waals surface area contributed by atoms with Crippen molar-refractivity contribution in [3.05, 3.63) is 29.8 Å². The average Bonchev–Trinajstić information content (AvgIpc) is 2.50. The van der Waals surface area contributed by atoms with Crippen LogP contribution in [-0.2, 0) is 20.8 Å². The van der Waals surface area contributed by atoms with E-state index in [4.69, 9.17) is 14.2 Å². The van der Waals surface area contributed by atoms with Crippen molar-refractivity contribution < 1.29 is 19.0 Å². The lowest BCUT2D eigenvalue weighted by atomic mass is 10.2. The number of rotatable bonds is 11. The molecule has 2 N–H and O–H groups in total. The standard InChI is InChI=1S/C15H24N2O4/c1-19-8-6-16-11-13-4-3-5-14(10-13)21-12-15(18)17-7-9-20-2/h3-5,10,16H,6-9,11-12H2,1-2H3,(H,17,18). The number of hydrogen-bond acceptors (Lipinski definition) is 5. The van der Waals surface area contributed by atoms with Crippen LogP contribution < -0.4 is 15.4 Å². The molecule has 0 unspecified atom stereocenters. The van der Waals surface area contributed by atoms with E-state index in [1.54, 1.807) is 14.2 Å². The molecule has 0 heterocycles. The van der Waals surface area contributed by atoms with Gasteiger partial charge in [-0.2, -0.15) is 0 Å². The zero-order valence-corrected chi connectivity index (χ0v) is 12.7. The zero-order chi connectivity index (χ0) is 15.3. The van der Waals surface area contributed by atoms with Gasteiger partial charge in [-0.25, -0.2) is 0 Å². The molecule has 0 aliphatic heterocycles. The summed E-state index contributed by atoms with van der Waals surface area (Å²) < 4.78 is 15.3. The Balaban J connectivity index is 2.29. The third-order valence-electron chi connectivity index (χ3n) is 2.71.